The molecular formula is C19H20N2O3. The van der Waals surface area contributed by atoms with Crippen molar-refractivity contribution in [1.29, 1.82) is 0 Å². The van der Waals surface area contributed by atoms with Crippen LogP contribution in [0.3, 0.4) is 0 Å². The van der Waals surface area contributed by atoms with E-state index in [2.05, 4.69) is 17.2 Å². The third kappa shape index (κ3) is 5.93. The molecule has 0 aliphatic heterocycles. The Kier molecular flexibility index (Phi) is 6.54. The lowest BCUT2D eigenvalue weighted by Crippen LogP contribution is -2.24. The van der Waals surface area contributed by atoms with Crippen LogP contribution in [0.1, 0.15) is 17.5 Å². The SMILES string of the molecule is COc1cc(N)cc(C#CCCNC(=O)OCc2ccccc2)c1. The van der Waals surface area contributed by atoms with Gasteiger partial charge in [-0.2, -0.15) is 0 Å². The minimum absolute atomic E-state index is 0.251. The average Bonchev–Trinajstić information content (AvgIpc) is 2.60. The number of amides is 1. The molecular weight excluding hydrogens is 304 g/mol. The lowest BCUT2D eigenvalue weighted by molar-refractivity contribution is 0.140. The standard InChI is InChI=1S/C19H20N2O3/c1-23-18-12-16(11-17(20)13-18)9-5-6-10-21-19(22)24-14-15-7-3-2-4-8-15/h2-4,7-8,11-13H,6,10,14,20H2,1H3,(H,21,22). The number of hydrogen-bond acceptors (Lipinski definition) is 4. The van der Waals surface area contributed by atoms with Gasteiger partial charge in [-0.15, -0.1) is 0 Å². The van der Waals surface area contributed by atoms with Crippen LogP contribution in [0.5, 0.6) is 5.75 Å². The zero-order valence-electron chi connectivity index (χ0n) is 13.5. The molecule has 2 rings (SSSR count). The van der Waals surface area contributed by atoms with Gasteiger partial charge in [0.2, 0.25) is 0 Å². The maximum Gasteiger partial charge on any atom is 0.407 e. The van der Waals surface area contributed by atoms with Crippen LogP contribution in [0.2, 0.25) is 0 Å². The van der Waals surface area contributed by atoms with Crippen molar-refractivity contribution in [1.82, 2.24) is 5.32 Å². The molecule has 1 amide bonds. The molecule has 124 valence electrons. The molecule has 5 heteroatoms. The van der Waals surface area contributed by atoms with Crippen LogP contribution in [0.15, 0.2) is 48.5 Å². The first kappa shape index (κ1) is 17.2. The van der Waals surface area contributed by atoms with E-state index in [-0.39, 0.29) is 6.61 Å². The van der Waals surface area contributed by atoms with Gasteiger partial charge in [-0.1, -0.05) is 42.2 Å². The molecule has 0 atom stereocenters. The minimum Gasteiger partial charge on any atom is -0.497 e. The normalized spacial score (nSPS) is 9.54. The summed E-state index contributed by atoms with van der Waals surface area (Å²) in [5, 5.41) is 2.66. The Morgan fingerprint density at radius 2 is 2.00 bits per heavy atom. The van der Waals surface area contributed by atoms with E-state index >= 15 is 0 Å². The Morgan fingerprint density at radius 1 is 1.21 bits per heavy atom. The highest BCUT2D eigenvalue weighted by molar-refractivity contribution is 5.67. The number of nitrogens with two attached hydrogens (primary N) is 1. The Bertz CT molecular complexity index is 733. The van der Waals surface area contributed by atoms with Gasteiger partial charge in [-0.3, -0.25) is 0 Å². The van der Waals surface area contributed by atoms with Crippen molar-refractivity contribution >= 4 is 11.8 Å². The van der Waals surface area contributed by atoms with Gasteiger partial charge in [0.25, 0.3) is 0 Å². The van der Waals surface area contributed by atoms with Gasteiger partial charge in [-0.05, 0) is 17.7 Å². The lowest BCUT2D eigenvalue weighted by atomic mass is 10.2. The van der Waals surface area contributed by atoms with Gasteiger partial charge in [0, 0.05) is 30.3 Å². The average molecular weight is 324 g/mol. The van der Waals surface area contributed by atoms with E-state index < -0.39 is 6.09 Å². The van der Waals surface area contributed by atoms with Crippen molar-refractivity contribution in [3.05, 3.63) is 59.7 Å². The summed E-state index contributed by atoms with van der Waals surface area (Å²) in [7, 11) is 1.58. The molecule has 0 spiro atoms. The molecule has 24 heavy (non-hydrogen) atoms. The summed E-state index contributed by atoms with van der Waals surface area (Å²) in [6.07, 6.45) is 0.0589. The van der Waals surface area contributed by atoms with Crippen LogP contribution in [0, 0.1) is 11.8 Å². The molecule has 0 fully saturated rings. The molecule has 0 radical (unpaired) electrons. The topological polar surface area (TPSA) is 73.6 Å². The first-order valence-corrected chi connectivity index (χ1v) is 7.55. The van der Waals surface area contributed by atoms with Crippen LogP contribution >= 0.6 is 0 Å². The Morgan fingerprint density at radius 3 is 2.75 bits per heavy atom. The van der Waals surface area contributed by atoms with Gasteiger partial charge in [0.05, 0.1) is 7.11 Å². The van der Waals surface area contributed by atoms with Crippen LogP contribution in [-0.2, 0) is 11.3 Å². The maximum absolute atomic E-state index is 11.6. The summed E-state index contributed by atoms with van der Waals surface area (Å²) in [6.45, 7) is 0.668. The second-order valence-electron chi connectivity index (χ2n) is 5.04. The molecule has 0 heterocycles. The van der Waals surface area contributed by atoms with Crippen molar-refractivity contribution in [3.63, 3.8) is 0 Å². The van der Waals surface area contributed by atoms with Crippen LogP contribution in [0.4, 0.5) is 10.5 Å². The molecule has 0 aromatic heterocycles. The van der Waals surface area contributed by atoms with Crippen LogP contribution < -0.4 is 15.8 Å². The van der Waals surface area contributed by atoms with E-state index in [1.165, 1.54) is 0 Å². The fourth-order valence-electron chi connectivity index (χ4n) is 1.98. The van der Waals surface area contributed by atoms with Crippen LogP contribution in [-0.4, -0.2) is 19.7 Å². The molecule has 0 aliphatic rings. The number of methoxy groups -OCH3 is 1. The molecule has 0 aliphatic carbocycles. The van der Waals surface area contributed by atoms with Crippen molar-refractivity contribution in [2.75, 3.05) is 19.4 Å². The molecule has 0 bridgehead atoms. The number of alkyl carbamates (subject to hydrolysis) is 1. The fourth-order valence-corrected chi connectivity index (χ4v) is 1.98. The summed E-state index contributed by atoms with van der Waals surface area (Å²) in [5.74, 6) is 6.64. The molecule has 2 aromatic rings. The minimum atomic E-state index is -0.453. The van der Waals surface area contributed by atoms with E-state index in [4.69, 9.17) is 15.2 Å². The Balaban J connectivity index is 1.71. The van der Waals surface area contributed by atoms with Crippen molar-refractivity contribution in [2.45, 2.75) is 13.0 Å². The number of benzene rings is 2. The summed E-state index contributed by atoms with van der Waals surface area (Å²) < 4.78 is 10.2. The highest BCUT2D eigenvalue weighted by atomic mass is 16.5. The smallest absolute Gasteiger partial charge is 0.407 e. The number of nitrogens with one attached hydrogen (secondary N) is 1. The molecule has 3 N–H and O–H groups in total. The quantitative estimate of drug-likeness (QED) is 0.504. The number of ether oxygens (including phenoxy) is 2. The van der Waals surface area contributed by atoms with E-state index in [9.17, 15) is 4.79 Å². The van der Waals surface area contributed by atoms with E-state index in [1.54, 1.807) is 19.2 Å². The zero-order valence-corrected chi connectivity index (χ0v) is 13.5. The summed E-state index contributed by atoms with van der Waals surface area (Å²) in [6, 6.07) is 14.8. The maximum atomic E-state index is 11.6. The summed E-state index contributed by atoms with van der Waals surface area (Å²) in [4.78, 5) is 11.6. The third-order valence-corrected chi connectivity index (χ3v) is 3.13. The van der Waals surface area contributed by atoms with Gasteiger partial charge in [-0.25, -0.2) is 4.79 Å². The summed E-state index contributed by atoms with van der Waals surface area (Å²) in [5.41, 5.74) is 8.09. The van der Waals surface area contributed by atoms with Gasteiger partial charge in [0.15, 0.2) is 0 Å². The molecule has 0 unspecified atom stereocenters. The second-order valence-corrected chi connectivity index (χ2v) is 5.04. The second kappa shape index (κ2) is 9.11. The van der Waals surface area contributed by atoms with Gasteiger partial charge >= 0.3 is 6.09 Å². The van der Waals surface area contributed by atoms with E-state index in [0.29, 0.717) is 24.4 Å². The van der Waals surface area contributed by atoms with Crippen molar-refractivity contribution in [2.24, 2.45) is 0 Å². The summed E-state index contributed by atoms with van der Waals surface area (Å²) >= 11 is 0. The highest BCUT2D eigenvalue weighted by Crippen LogP contribution is 2.17. The van der Waals surface area contributed by atoms with E-state index in [0.717, 1.165) is 11.1 Å². The fraction of sp³-hybridized carbons (Fsp3) is 0.211. The number of carbonyl (C=O) groups is 1. The number of hydrogen-bond donors (Lipinski definition) is 2. The molecule has 0 saturated heterocycles. The molecule has 0 saturated carbocycles. The number of carbonyl (C=O) groups excluding carboxylic acids is 1. The van der Waals surface area contributed by atoms with Crippen LogP contribution in [0.25, 0.3) is 0 Å². The Hall–Kier alpha value is -3.13. The molecule has 2 aromatic carbocycles. The van der Waals surface area contributed by atoms with Crippen molar-refractivity contribution in [3.8, 4) is 17.6 Å². The predicted molar refractivity (Wildman–Crippen MR) is 93.5 cm³/mol. The number of rotatable bonds is 5. The van der Waals surface area contributed by atoms with Gasteiger partial charge < -0.3 is 20.5 Å². The van der Waals surface area contributed by atoms with Gasteiger partial charge in [0.1, 0.15) is 12.4 Å². The molecule has 5 nitrogen and oxygen atoms in total. The Labute approximate surface area is 141 Å². The monoisotopic (exact) mass is 324 g/mol. The largest absolute Gasteiger partial charge is 0.497 e. The van der Waals surface area contributed by atoms with E-state index in [1.807, 2.05) is 36.4 Å². The predicted octanol–water partition coefficient (Wildman–Crippen LogP) is 2.95. The first-order chi connectivity index (χ1) is 11.7. The number of anilines is 1. The first-order valence-electron chi connectivity index (χ1n) is 7.55. The lowest BCUT2D eigenvalue weighted by Gasteiger charge is -2.05. The third-order valence-electron chi connectivity index (χ3n) is 3.13. The zero-order chi connectivity index (χ0) is 17.2. The number of nitrogen functional groups attached to an aromatic ring is 1. The highest BCUT2D eigenvalue weighted by Gasteiger charge is 2.01. The van der Waals surface area contributed by atoms with Crippen molar-refractivity contribution < 1.29 is 14.3 Å².